The van der Waals surface area contributed by atoms with E-state index in [4.69, 9.17) is 16.7 Å². The highest BCUT2D eigenvalue weighted by molar-refractivity contribution is 7.98. The molecular weight excluding hydrogens is 312 g/mol. The van der Waals surface area contributed by atoms with Gasteiger partial charge in [0.2, 0.25) is 0 Å². The number of nitrogens with zero attached hydrogens (tertiary/aromatic N) is 1. The van der Waals surface area contributed by atoms with Crippen LogP contribution in [0.15, 0.2) is 18.2 Å². The van der Waals surface area contributed by atoms with Crippen molar-refractivity contribution >= 4 is 41.1 Å². The van der Waals surface area contributed by atoms with Gasteiger partial charge in [0.1, 0.15) is 0 Å². The summed E-state index contributed by atoms with van der Waals surface area (Å²) in [6, 6.07) is 3.97. The van der Waals surface area contributed by atoms with Crippen molar-refractivity contribution < 1.29 is 14.7 Å². The number of hydrogen-bond donors (Lipinski definition) is 2. The molecule has 0 fully saturated rings. The molecule has 0 spiro atoms. The number of carboxylic acids is 1. The van der Waals surface area contributed by atoms with Crippen LogP contribution in [0, 0.1) is 0 Å². The van der Waals surface area contributed by atoms with Gasteiger partial charge in [0.25, 0.3) is 0 Å². The molecule has 7 heteroatoms. The molecule has 1 rings (SSSR count). The number of rotatable bonds is 6. The maximum absolute atomic E-state index is 12.2. The van der Waals surface area contributed by atoms with E-state index in [9.17, 15) is 9.59 Å². The molecule has 1 atom stereocenters. The minimum atomic E-state index is -1.07. The molecule has 0 radical (unpaired) electrons. The molecular formula is C14H19ClN2O3S. The lowest BCUT2D eigenvalue weighted by Gasteiger charge is -2.25. The highest BCUT2D eigenvalue weighted by Gasteiger charge is 2.17. The Kier molecular flexibility index (Phi) is 6.84. The van der Waals surface area contributed by atoms with Gasteiger partial charge in [0.05, 0.1) is 16.3 Å². The van der Waals surface area contributed by atoms with Gasteiger partial charge in [-0.1, -0.05) is 11.6 Å². The van der Waals surface area contributed by atoms with Crippen molar-refractivity contribution in [3.63, 3.8) is 0 Å². The minimum absolute atomic E-state index is 0.0767. The Hall–Kier alpha value is -1.40. The molecule has 0 bridgehead atoms. The number of amides is 2. The van der Waals surface area contributed by atoms with E-state index in [-0.39, 0.29) is 17.6 Å². The number of anilines is 1. The SMILES string of the molecule is CSCCC(C)N(C)C(=O)Nc1cc(C(=O)O)ccc1Cl. The second kappa shape index (κ2) is 8.14. The average Bonchev–Trinajstić information content (AvgIpc) is 2.45. The van der Waals surface area contributed by atoms with Crippen molar-refractivity contribution in [1.82, 2.24) is 4.90 Å². The van der Waals surface area contributed by atoms with Gasteiger partial charge in [-0.15, -0.1) is 0 Å². The Labute approximate surface area is 133 Å². The van der Waals surface area contributed by atoms with Gasteiger partial charge >= 0.3 is 12.0 Å². The van der Waals surface area contributed by atoms with Crippen LogP contribution in [0.1, 0.15) is 23.7 Å². The lowest BCUT2D eigenvalue weighted by Crippen LogP contribution is -2.38. The number of carbonyl (C=O) groups is 2. The largest absolute Gasteiger partial charge is 0.478 e. The molecule has 21 heavy (non-hydrogen) atoms. The number of hydrogen-bond acceptors (Lipinski definition) is 3. The summed E-state index contributed by atoms with van der Waals surface area (Å²) in [5.41, 5.74) is 0.373. The number of aromatic carboxylic acids is 1. The number of carboxylic acid groups (broad SMARTS) is 1. The van der Waals surface area contributed by atoms with Crippen molar-refractivity contribution in [2.24, 2.45) is 0 Å². The summed E-state index contributed by atoms with van der Waals surface area (Å²) in [5.74, 6) is -0.0996. The number of urea groups is 1. The van der Waals surface area contributed by atoms with E-state index >= 15 is 0 Å². The third-order valence-electron chi connectivity index (χ3n) is 3.18. The van der Waals surface area contributed by atoms with Gasteiger partial charge in [-0.05, 0) is 43.6 Å². The van der Waals surface area contributed by atoms with Crippen molar-refractivity contribution in [3.05, 3.63) is 28.8 Å². The maximum atomic E-state index is 12.2. The van der Waals surface area contributed by atoms with Crippen LogP contribution in [-0.4, -0.2) is 47.1 Å². The van der Waals surface area contributed by atoms with Crippen LogP contribution in [0.2, 0.25) is 5.02 Å². The van der Waals surface area contributed by atoms with E-state index in [2.05, 4.69) is 5.32 Å². The lowest BCUT2D eigenvalue weighted by atomic mass is 10.2. The first-order chi connectivity index (χ1) is 9.86. The Bertz CT molecular complexity index is 525. The van der Waals surface area contributed by atoms with Crippen LogP contribution < -0.4 is 5.32 Å². The quantitative estimate of drug-likeness (QED) is 0.835. The predicted octanol–water partition coefficient (Wildman–Crippen LogP) is 3.64. The van der Waals surface area contributed by atoms with Crippen LogP contribution in [0.4, 0.5) is 10.5 Å². The number of benzene rings is 1. The molecule has 0 saturated heterocycles. The summed E-state index contributed by atoms with van der Waals surface area (Å²) in [5, 5.41) is 11.9. The summed E-state index contributed by atoms with van der Waals surface area (Å²) in [7, 11) is 1.70. The van der Waals surface area contributed by atoms with E-state index in [0.29, 0.717) is 10.7 Å². The lowest BCUT2D eigenvalue weighted by molar-refractivity contribution is 0.0697. The molecule has 0 aliphatic heterocycles. The van der Waals surface area contributed by atoms with Crippen LogP contribution in [-0.2, 0) is 0 Å². The zero-order valence-corrected chi connectivity index (χ0v) is 13.8. The number of nitrogens with one attached hydrogen (secondary N) is 1. The summed E-state index contributed by atoms with van der Waals surface area (Å²) in [6.07, 6.45) is 2.90. The molecule has 0 heterocycles. The van der Waals surface area contributed by atoms with Gasteiger partial charge < -0.3 is 15.3 Å². The molecule has 0 saturated carbocycles. The Morgan fingerprint density at radius 2 is 2.14 bits per heavy atom. The molecule has 2 N–H and O–H groups in total. The fourth-order valence-corrected chi connectivity index (χ4v) is 2.38. The fourth-order valence-electron chi connectivity index (χ4n) is 1.64. The van der Waals surface area contributed by atoms with E-state index in [0.717, 1.165) is 12.2 Å². The van der Waals surface area contributed by atoms with Gasteiger partial charge in [-0.25, -0.2) is 9.59 Å². The number of halogens is 1. The zero-order valence-electron chi connectivity index (χ0n) is 12.2. The van der Waals surface area contributed by atoms with Crippen molar-refractivity contribution in [2.75, 3.05) is 24.4 Å². The van der Waals surface area contributed by atoms with Gasteiger partial charge in [-0.3, -0.25) is 0 Å². The smallest absolute Gasteiger partial charge is 0.335 e. The molecule has 2 amide bonds. The maximum Gasteiger partial charge on any atom is 0.335 e. The highest BCUT2D eigenvalue weighted by Crippen LogP contribution is 2.23. The second-order valence-electron chi connectivity index (χ2n) is 4.67. The number of thioether (sulfide) groups is 1. The fraction of sp³-hybridized carbons (Fsp3) is 0.429. The predicted molar refractivity (Wildman–Crippen MR) is 87.7 cm³/mol. The zero-order chi connectivity index (χ0) is 16.0. The molecule has 1 unspecified atom stereocenters. The first-order valence-electron chi connectivity index (χ1n) is 6.42. The van der Waals surface area contributed by atoms with Crippen LogP contribution in [0.5, 0.6) is 0 Å². The molecule has 0 aliphatic carbocycles. The van der Waals surface area contributed by atoms with Gasteiger partial charge in [0.15, 0.2) is 0 Å². The first-order valence-corrected chi connectivity index (χ1v) is 8.19. The normalized spacial score (nSPS) is 11.8. The molecule has 0 aromatic heterocycles. The van der Waals surface area contributed by atoms with E-state index in [1.54, 1.807) is 23.7 Å². The van der Waals surface area contributed by atoms with E-state index in [1.165, 1.54) is 18.2 Å². The average molecular weight is 331 g/mol. The Morgan fingerprint density at radius 3 is 2.71 bits per heavy atom. The van der Waals surface area contributed by atoms with Crippen LogP contribution in [0.3, 0.4) is 0 Å². The third-order valence-corrected chi connectivity index (χ3v) is 4.15. The van der Waals surface area contributed by atoms with Gasteiger partial charge in [-0.2, -0.15) is 11.8 Å². The van der Waals surface area contributed by atoms with Crippen molar-refractivity contribution in [1.29, 1.82) is 0 Å². The number of carbonyl (C=O) groups excluding carboxylic acids is 1. The Morgan fingerprint density at radius 1 is 1.48 bits per heavy atom. The second-order valence-corrected chi connectivity index (χ2v) is 6.06. The molecule has 5 nitrogen and oxygen atoms in total. The third kappa shape index (κ3) is 5.13. The Balaban J connectivity index is 2.78. The van der Waals surface area contributed by atoms with E-state index < -0.39 is 5.97 Å². The topological polar surface area (TPSA) is 69.6 Å². The summed E-state index contributed by atoms with van der Waals surface area (Å²) in [6.45, 7) is 1.96. The van der Waals surface area contributed by atoms with Crippen LogP contribution in [0.25, 0.3) is 0 Å². The standard InChI is InChI=1S/C14H19ClN2O3S/c1-9(6-7-21-3)17(2)14(20)16-12-8-10(13(18)19)4-5-11(12)15/h4-5,8-9H,6-7H2,1-3H3,(H,16,20)(H,18,19). The molecule has 0 aliphatic rings. The summed E-state index contributed by atoms with van der Waals surface area (Å²) >= 11 is 7.71. The first kappa shape index (κ1) is 17.7. The van der Waals surface area contributed by atoms with Gasteiger partial charge in [0, 0.05) is 13.1 Å². The molecule has 1 aromatic rings. The minimum Gasteiger partial charge on any atom is -0.478 e. The van der Waals surface area contributed by atoms with Crippen molar-refractivity contribution in [3.8, 4) is 0 Å². The summed E-state index contributed by atoms with van der Waals surface area (Å²) < 4.78 is 0. The van der Waals surface area contributed by atoms with Crippen molar-refractivity contribution in [2.45, 2.75) is 19.4 Å². The molecule has 116 valence electrons. The van der Waals surface area contributed by atoms with Crippen LogP contribution >= 0.6 is 23.4 Å². The summed E-state index contributed by atoms with van der Waals surface area (Å²) in [4.78, 5) is 24.7. The molecule has 1 aromatic carbocycles. The monoisotopic (exact) mass is 330 g/mol. The van der Waals surface area contributed by atoms with E-state index in [1.807, 2.05) is 13.2 Å². The highest BCUT2D eigenvalue weighted by atomic mass is 35.5.